The van der Waals surface area contributed by atoms with E-state index in [1.54, 1.807) is 12.1 Å². The lowest BCUT2D eigenvalue weighted by Gasteiger charge is -2.12. The Morgan fingerprint density at radius 3 is 2.27 bits per heavy atom. The minimum atomic E-state index is -3.25. The van der Waals surface area contributed by atoms with Crippen molar-refractivity contribution in [1.82, 2.24) is 10.6 Å². The number of nitrogens with one attached hydrogen (secondary N) is 3. The van der Waals surface area contributed by atoms with Crippen LogP contribution in [0.3, 0.4) is 0 Å². The number of anilines is 1. The maximum atomic E-state index is 13.6. The van der Waals surface area contributed by atoms with Gasteiger partial charge in [0.25, 0.3) is 0 Å². The minimum absolute atomic E-state index is 0.236. The molecule has 1 amide bonds. The number of guanidine groups is 1. The second-order valence-corrected chi connectivity index (χ2v) is 8.31. The molecule has 2 aromatic rings. The van der Waals surface area contributed by atoms with Crippen LogP contribution in [0.4, 0.5) is 18.9 Å². The Morgan fingerprint density at radius 2 is 1.67 bits per heavy atom. The zero-order valence-corrected chi connectivity index (χ0v) is 17.1. The number of sulfone groups is 1. The number of halogens is 3. The van der Waals surface area contributed by atoms with Crippen LogP contribution in [0.2, 0.25) is 0 Å². The number of carbonyl (C=O) groups is 1. The summed E-state index contributed by atoms with van der Waals surface area (Å²) in [4.78, 5) is 16.1. The molecule has 2 rings (SSSR count). The van der Waals surface area contributed by atoms with Crippen LogP contribution in [-0.2, 0) is 21.1 Å². The van der Waals surface area contributed by atoms with Crippen molar-refractivity contribution < 1.29 is 26.4 Å². The van der Waals surface area contributed by atoms with E-state index in [2.05, 4.69) is 20.9 Å². The van der Waals surface area contributed by atoms with Gasteiger partial charge in [0.2, 0.25) is 5.91 Å². The molecule has 0 fully saturated rings. The third-order valence-electron chi connectivity index (χ3n) is 4.01. The highest BCUT2D eigenvalue weighted by Gasteiger charge is 2.15. The smallest absolute Gasteiger partial charge is 0.243 e. The fourth-order valence-corrected chi connectivity index (χ4v) is 3.06. The molecule has 30 heavy (non-hydrogen) atoms. The third-order valence-corrected chi connectivity index (χ3v) is 5.14. The predicted molar refractivity (Wildman–Crippen MR) is 108 cm³/mol. The summed E-state index contributed by atoms with van der Waals surface area (Å²) in [7, 11) is -1.76. The fraction of sp³-hybridized carbons (Fsp3) is 0.263. The Morgan fingerprint density at radius 1 is 1.00 bits per heavy atom. The van der Waals surface area contributed by atoms with Gasteiger partial charge in [-0.05, 0) is 36.2 Å². The van der Waals surface area contributed by atoms with Crippen molar-refractivity contribution in [2.45, 2.75) is 11.3 Å². The summed E-state index contributed by atoms with van der Waals surface area (Å²) in [6, 6.07) is 8.10. The summed E-state index contributed by atoms with van der Waals surface area (Å²) in [6.07, 6.45) is 1.70. The van der Waals surface area contributed by atoms with E-state index < -0.39 is 38.9 Å². The Balaban J connectivity index is 1.81. The van der Waals surface area contributed by atoms with Crippen molar-refractivity contribution in [2.24, 2.45) is 4.99 Å². The van der Waals surface area contributed by atoms with Crippen LogP contribution in [0.25, 0.3) is 0 Å². The van der Waals surface area contributed by atoms with Gasteiger partial charge in [-0.25, -0.2) is 21.6 Å². The molecule has 0 aliphatic heterocycles. The van der Waals surface area contributed by atoms with Crippen LogP contribution in [0.15, 0.2) is 46.3 Å². The highest BCUT2D eigenvalue weighted by atomic mass is 32.2. The number of aliphatic imine (C=N–C) groups is 1. The van der Waals surface area contributed by atoms with Gasteiger partial charge in [-0.1, -0.05) is 12.1 Å². The number of nitrogens with zero attached hydrogens (tertiary/aromatic N) is 1. The van der Waals surface area contributed by atoms with Gasteiger partial charge in [-0.2, -0.15) is 0 Å². The van der Waals surface area contributed by atoms with E-state index >= 15 is 0 Å². The first kappa shape index (κ1) is 23.2. The summed E-state index contributed by atoms with van der Waals surface area (Å²) >= 11 is 0. The molecule has 0 aromatic heterocycles. The second kappa shape index (κ2) is 10.1. The average molecular weight is 442 g/mol. The predicted octanol–water partition coefficient (Wildman–Crippen LogP) is 1.85. The number of amides is 1. The van der Waals surface area contributed by atoms with Crippen LogP contribution >= 0.6 is 0 Å². The quantitative estimate of drug-likeness (QED) is 0.345. The van der Waals surface area contributed by atoms with Gasteiger partial charge in [-0.3, -0.25) is 9.79 Å². The molecular weight excluding hydrogens is 421 g/mol. The average Bonchev–Trinajstić information content (AvgIpc) is 2.70. The van der Waals surface area contributed by atoms with E-state index in [1.165, 1.54) is 19.2 Å². The summed E-state index contributed by atoms with van der Waals surface area (Å²) in [5.74, 6) is -4.88. The number of hydrogen-bond donors (Lipinski definition) is 3. The normalized spacial score (nSPS) is 11.8. The molecule has 0 radical (unpaired) electrons. The molecule has 11 heteroatoms. The number of hydrogen-bond acceptors (Lipinski definition) is 4. The van der Waals surface area contributed by atoms with Crippen molar-refractivity contribution in [1.29, 1.82) is 0 Å². The van der Waals surface area contributed by atoms with E-state index in [0.717, 1.165) is 17.9 Å². The van der Waals surface area contributed by atoms with Gasteiger partial charge in [0.15, 0.2) is 33.2 Å². The van der Waals surface area contributed by atoms with Crippen molar-refractivity contribution >= 4 is 27.4 Å². The minimum Gasteiger partial charge on any atom is -0.356 e. The van der Waals surface area contributed by atoms with Crippen LogP contribution < -0.4 is 16.0 Å². The zero-order chi connectivity index (χ0) is 22.3. The van der Waals surface area contributed by atoms with Gasteiger partial charge in [0, 0.05) is 19.8 Å². The molecule has 0 atom stereocenters. The summed E-state index contributed by atoms with van der Waals surface area (Å²) in [5, 5.41) is 7.82. The molecule has 0 saturated heterocycles. The molecule has 0 bridgehead atoms. The van der Waals surface area contributed by atoms with Gasteiger partial charge < -0.3 is 16.0 Å². The maximum Gasteiger partial charge on any atom is 0.243 e. The Bertz CT molecular complexity index is 1040. The number of carbonyl (C=O) groups excluding carboxylic acids is 1. The zero-order valence-electron chi connectivity index (χ0n) is 16.3. The molecule has 0 spiro atoms. The molecule has 7 nitrogen and oxygen atoms in total. The number of rotatable bonds is 7. The van der Waals surface area contributed by atoms with Crippen LogP contribution in [0, 0.1) is 17.5 Å². The SMILES string of the molecule is CN=C(NCCc1ccc(S(C)(=O)=O)cc1)NCC(=O)Nc1ccc(F)c(F)c1F. The van der Waals surface area contributed by atoms with Gasteiger partial charge >= 0.3 is 0 Å². The van der Waals surface area contributed by atoms with Gasteiger partial charge in [0.05, 0.1) is 17.1 Å². The van der Waals surface area contributed by atoms with E-state index in [9.17, 15) is 26.4 Å². The Kier molecular flexibility index (Phi) is 7.81. The number of benzene rings is 2. The van der Waals surface area contributed by atoms with E-state index in [1.807, 2.05) is 0 Å². The van der Waals surface area contributed by atoms with Gasteiger partial charge in [0.1, 0.15) is 0 Å². The molecule has 0 aliphatic rings. The van der Waals surface area contributed by atoms with E-state index in [4.69, 9.17) is 0 Å². The summed E-state index contributed by atoms with van der Waals surface area (Å²) < 4.78 is 62.6. The molecule has 162 valence electrons. The molecule has 0 aliphatic carbocycles. The highest BCUT2D eigenvalue weighted by Crippen LogP contribution is 2.19. The van der Waals surface area contributed by atoms with Crippen LogP contribution in [0.5, 0.6) is 0 Å². The first-order valence-electron chi connectivity index (χ1n) is 8.78. The lowest BCUT2D eigenvalue weighted by Crippen LogP contribution is -2.42. The highest BCUT2D eigenvalue weighted by molar-refractivity contribution is 7.90. The van der Waals surface area contributed by atoms with Crippen molar-refractivity contribution in [2.75, 3.05) is 31.7 Å². The lowest BCUT2D eigenvalue weighted by molar-refractivity contribution is -0.115. The van der Waals surface area contributed by atoms with Crippen molar-refractivity contribution in [3.05, 3.63) is 59.4 Å². The third kappa shape index (κ3) is 6.48. The fourth-order valence-electron chi connectivity index (χ4n) is 2.43. The summed E-state index contributed by atoms with van der Waals surface area (Å²) in [5.41, 5.74) is 0.429. The largest absolute Gasteiger partial charge is 0.356 e. The monoisotopic (exact) mass is 442 g/mol. The van der Waals surface area contributed by atoms with Crippen LogP contribution in [0.1, 0.15) is 5.56 Å². The van der Waals surface area contributed by atoms with E-state index in [-0.39, 0.29) is 11.4 Å². The van der Waals surface area contributed by atoms with E-state index in [0.29, 0.717) is 25.0 Å². The molecule has 0 unspecified atom stereocenters. The molecule has 0 heterocycles. The first-order chi connectivity index (χ1) is 14.1. The van der Waals surface area contributed by atoms with Crippen molar-refractivity contribution in [3.8, 4) is 0 Å². The lowest BCUT2D eigenvalue weighted by atomic mass is 10.1. The topological polar surface area (TPSA) is 99.7 Å². The van der Waals surface area contributed by atoms with Gasteiger partial charge in [-0.15, -0.1) is 0 Å². The Labute approximate surface area is 172 Å². The first-order valence-corrected chi connectivity index (χ1v) is 10.7. The van der Waals surface area contributed by atoms with Crippen molar-refractivity contribution in [3.63, 3.8) is 0 Å². The Hall–Kier alpha value is -3.08. The standard InChI is InChI=1S/C19H21F3N4O3S/c1-23-19(24-10-9-12-3-5-13(6-4-12)30(2,28)29)25-11-16(27)26-15-8-7-14(20)17(21)18(15)22/h3-8H,9-11H2,1-2H3,(H,26,27)(H2,23,24,25). The maximum absolute atomic E-state index is 13.6. The summed E-state index contributed by atoms with van der Waals surface area (Å²) in [6.45, 7) is 0.151. The second-order valence-electron chi connectivity index (χ2n) is 6.29. The molecule has 2 aromatic carbocycles. The van der Waals surface area contributed by atoms with Crippen LogP contribution in [-0.4, -0.2) is 46.7 Å². The molecule has 0 saturated carbocycles. The molecule has 3 N–H and O–H groups in total. The molecular formula is C19H21F3N4O3S.